The summed E-state index contributed by atoms with van der Waals surface area (Å²) >= 11 is 0. The number of fused-ring (bicyclic) bond motifs is 1. The molecule has 2 aliphatic heterocycles. The Morgan fingerprint density at radius 2 is 1.97 bits per heavy atom. The van der Waals surface area contributed by atoms with Gasteiger partial charge < -0.3 is 14.4 Å². The first kappa shape index (κ1) is 19.9. The predicted molar refractivity (Wildman–Crippen MR) is 108 cm³/mol. The van der Waals surface area contributed by atoms with Gasteiger partial charge in [-0.15, -0.1) is 0 Å². The molecule has 1 spiro atoms. The van der Waals surface area contributed by atoms with E-state index in [-0.39, 0.29) is 29.7 Å². The second kappa shape index (κ2) is 7.78. The molecule has 8 heteroatoms. The van der Waals surface area contributed by atoms with Crippen LogP contribution in [-0.2, 0) is 4.79 Å². The van der Waals surface area contributed by atoms with Crippen LogP contribution in [-0.4, -0.2) is 46.8 Å². The van der Waals surface area contributed by atoms with E-state index in [2.05, 4.69) is 0 Å². The molecular formula is C22H22N2O6. The minimum atomic E-state index is -0.588. The number of nitrogens with zero attached hydrogens (tertiary/aromatic N) is 2. The van der Waals surface area contributed by atoms with E-state index >= 15 is 0 Å². The zero-order valence-electron chi connectivity index (χ0n) is 16.6. The SMILES string of the molecule is Cc1ccc2c(c1)C(=O)CC1(CCN(C(=O)COc3ccccc3[N+](=O)[O-])CC1)O2. The maximum atomic E-state index is 12.6. The molecule has 1 amide bonds. The maximum absolute atomic E-state index is 12.6. The molecular weight excluding hydrogens is 388 g/mol. The van der Waals surface area contributed by atoms with Gasteiger partial charge in [0.1, 0.15) is 11.4 Å². The van der Waals surface area contributed by atoms with Crippen molar-refractivity contribution >= 4 is 17.4 Å². The summed E-state index contributed by atoms with van der Waals surface area (Å²) in [6.07, 6.45) is 1.39. The van der Waals surface area contributed by atoms with Gasteiger partial charge in [-0.1, -0.05) is 23.8 Å². The van der Waals surface area contributed by atoms with Crippen LogP contribution in [0.5, 0.6) is 11.5 Å². The number of hydrogen-bond donors (Lipinski definition) is 0. The first-order chi connectivity index (χ1) is 14.4. The highest BCUT2D eigenvalue weighted by Crippen LogP contribution is 2.39. The van der Waals surface area contributed by atoms with Crippen LogP contribution in [0.3, 0.4) is 0 Å². The number of likely N-dealkylation sites (tertiary alicyclic amines) is 1. The van der Waals surface area contributed by atoms with E-state index in [0.717, 1.165) is 5.56 Å². The van der Waals surface area contributed by atoms with Crippen molar-refractivity contribution in [2.24, 2.45) is 0 Å². The lowest BCUT2D eigenvalue weighted by Gasteiger charge is -2.44. The minimum Gasteiger partial charge on any atom is -0.486 e. The molecule has 1 saturated heterocycles. The van der Waals surface area contributed by atoms with Gasteiger partial charge in [-0.05, 0) is 25.1 Å². The highest BCUT2D eigenvalue weighted by atomic mass is 16.6. The molecule has 0 saturated carbocycles. The van der Waals surface area contributed by atoms with Crippen LogP contribution in [0.2, 0.25) is 0 Å². The lowest BCUT2D eigenvalue weighted by molar-refractivity contribution is -0.385. The first-order valence-electron chi connectivity index (χ1n) is 9.84. The molecule has 8 nitrogen and oxygen atoms in total. The monoisotopic (exact) mass is 410 g/mol. The predicted octanol–water partition coefficient (Wildman–Crippen LogP) is 3.31. The normalized spacial score (nSPS) is 17.2. The van der Waals surface area contributed by atoms with E-state index in [9.17, 15) is 19.7 Å². The number of carbonyl (C=O) groups excluding carboxylic acids is 2. The van der Waals surface area contributed by atoms with Crippen molar-refractivity contribution in [2.45, 2.75) is 31.8 Å². The Balaban J connectivity index is 1.37. The number of carbonyl (C=O) groups is 2. The Morgan fingerprint density at radius 3 is 2.70 bits per heavy atom. The summed E-state index contributed by atoms with van der Waals surface area (Å²) in [5, 5.41) is 11.1. The standard InChI is InChI=1S/C22H22N2O6/c1-15-6-7-19-16(12-15)18(25)13-22(30-19)8-10-23(11-9-22)21(26)14-29-20-5-3-2-4-17(20)24(27)28/h2-7,12H,8-11,13-14H2,1H3. The quantitative estimate of drug-likeness (QED) is 0.566. The van der Waals surface area contributed by atoms with Gasteiger partial charge in [0.05, 0.1) is 16.9 Å². The third-order valence-electron chi connectivity index (χ3n) is 5.69. The molecule has 4 rings (SSSR count). The number of piperidine rings is 1. The molecule has 0 bridgehead atoms. The Bertz CT molecular complexity index is 1010. The Labute approximate surface area is 173 Å². The lowest BCUT2D eigenvalue weighted by Crippen LogP contribution is -2.53. The number of Topliss-reactive ketones (excluding diaryl/α,β-unsaturated/α-hetero) is 1. The van der Waals surface area contributed by atoms with Crippen LogP contribution in [0.1, 0.15) is 35.2 Å². The van der Waals surface area contributed by atoms with Crippen molar-refractivity contribution in [2.75, 3.05) is 19.7 Å². The van der Waals surface area contributed by atoms with Crippen LogP contribution < -0.4 is 9.47 Å². The van der Waals surface area contributed by atoms with Crippen molar-refractivity contribution in [3.63, 3.8) is 0 Å². The second-order valence-electron chi connectivity index (χ2n) is 7.78. The number of hydrogen-bond acceptors (Lipinski definition) is 6. The number of aryl methyl sites for hydroxylation is 1. The number of para-hydroxylation sites is 2. The summed E-state index contributed by atoms with van der Waals surface area (Å²) in [6, 6.07) is 11.6. The number of nitro benzene ring substituents is 1. The molecule has 0 radical (unpaired) electrons. The Kier molecular flexibility index (Phi) is 5.15. The van der Waals surface area contributed by atoms with Gasteiger partial charge in [-0.3, -0.25) is 19.7 Å². The van der Waals surface area contributed by atoms with Crippen molar-refractivity contribution < 1.29 is 24.0 Å². The van der Waals surface area contributed by atoms with E-state index in [0.29, 0.717) is 43.7 Å². The fourth-order valence-corrected chi connectivity index (χ4v) is 4.01. The van der Waals surface area contributed by atoms with E-state index < -0.39 is 10.5 Å². The average molecular weight is 410 g/mol. The average Bonchev–Trinajstić information content (AvgIpc) is 2.73. The van der Waals surface area contributed by atoms with E-state index in [4.69, 9.17) is 9.47 Å². The zero-order chi connectivity index (χ0) is 21.3. The first-order valence-corrected chi connectivity index (χ1v) is 9.84. The van der Waals surface area contributed by atoms with E-state index in [1.807, 2.05) is 25.1 Å². The van der Waals surface area contributed by atoms with Gasteiger partial charge in [-0.25, -0.2) is 0 Å². The second-order valence-corrected chi connectivity index (χ2v) is 7.78. The summed E-state index contributed by atoms with van der Waals surface area (Å²) in [5.74, 6) is 0.495. The molecule has 1 fully saturated rings. The molecule has 0 atom stereocenters. The summed E-state index contributed by atoms with van der Waals surface area (Å²) in [6.45, 7) is 2.54. The molecule has 2 aromatic carbocycles. The Morgan fingerprint density at radius 1 is 1.23 bits per heavy atom. The Hall–Kier alpha value is -3.42. The molecule has 0 aromatic heterocycles. The van der Waals surface area contributed by atoms with Crippen LogP contribution in [0.25, 0.3) is 0 Å². The molecule has 2 heterocycles. The fraction of sp³-hybridized carbons (Fsp3) is 0.364. The number of benzene rings is 2. The summed E-state index contributed by atoms with van der Waals surface area (Å²) in [4.78, 5) is 37.4. The van der Waals surface area contributed by atoms with Gasteiger partial charge in [0, 0.05) is 32.0 Å². The molecule has 156 valence electrons. The number of amides is 1. The maximum Gasteiger partial charge on any atom is 0.310 e. The van der Waals surface area contributed by atoms with Gasteiger partial charge in [-0.2, -0.15) is 0 Å². The van der Waals surface area contributed by atoms with Gasteiger partial charge in [0.2, 0.25) is 0 Å². The van der Waals surface area contributed by atoms with E-state index in [1.165, 1.54) is 12.1 Å². The van der Waals surface area contributed by atoms with Crippen LogP contribution >= 0.6 is 0 Å². The third kappa shape index (κ3) is 3.85. The molecule has 2 aromatic rings. The van der Waals surface area contributed by atoms with Gasteiger partial charge >= 0.3 is 5.69 Å². The zero-order valence-corrected chi connectivity index (χ0v) is 16.6. The highest BCUT2D eigenvalue weighted by molar-refractivity contribution is 6.00. The largest absolute Gasteiger partial charge is 0.486 e. The number of ketones is 1. The molecule has 0 unspecified atom stereocenters. The number of ether oxygens (including phenoxy) is 2. The fourth-order valence-electron chi connectivity index (χ4n) is 4.01. The summed E-state index contributed by atoms with van der Waals surface area (Å²) < 4.78 is 11.6. The lowest BCUT2D eigenvalue weighted by atomic mass is 9.82. The smallest absolute Gasteiger partial charge is 0.310 e. The van der Waals surface area contributed by atoms with Crippen LogP contribution in [0.15, 0.2) is 42.5 Å². The van der Waals surface area contributed by atoms with Gasteiger partial charge in [0.25, 0.3) is 5.91 Å². The molecule has 0 aliphatic carbocycles. The molecule has 30 heavy (non-hydrogen) atoms. The summed E-state index contributed by atoms with van der Waals surface area (Å²) in [5.41, 5.74) is 0.874. The van der Waals surface area contributed by atoms with Crippen molar-refractivity contribution in [1.82, 2.24) is 4.90 Å². The molecule has 2 aliphatic rings. The topological polar surface area (TPSA) is 99.0 Å². The number of rotatable bonds is 4. The molecule has 0 N–H and O–H groups in total. The van der Waals surface area contributed by atoms with Crippen LogP contribution in [0.4, 0.5) is 5.69 Å². The van der Waals surface area contributed by atoms with Crippen molar-refractivity contribution in [1.29, 1.82) is 0 Å². The summed E-state index contributed by atoms with van der Waals surface area (Å²) in [7, 11) is 0. The van der Waals surface area contributed by atoms with Crippen molar-refractivity contribution in [3.8, 4) is 11.5 Å². The van der Waals surface area contributed by atoms with Gasteiger partial charge in [0.15, 0.2) is 18.1 Å². The van der Waals surface area contributed by atoms with Crippen molar-refractivity contribution in [3.05, 3.63) is 63.7 Å². The highest BCUT2D eigenvalue weighted by Gasteiger charge is 2.43. The number of nitro groups is 1. The van der Waals surface area contributed by atoms with E-state index in [1.54, 1.807) is 17.0 Å². The third-order valence-corrected chi connectivity index (χ3v) is 5.69. The van der Waals surface area contributed by atoms with Crippen LogP contribution in [0, 0.1) is 17.0 Å². The minimum absolute atomic E-state index is 0.0671.